The molecular weight excluding hydrogens is 232 g/mol. The second-order valence-corrected chi connectivity index (χ2v) is 3.49. The van der Waals surface area contributed by atoms with E-state index in [1.165, 1.54) is 19.5 Å². The number of methoxy groups -OCH3 is 1. The lowest BCUT2D eigenvalue weighted by Crippen LogP contribution is -2.07. The molecule has 0 aromatic carbocycles. The molecule has 0 aliphatic carbocycles. The Morgan fingerprint density at radius 3 is 2.83 bits per heavy atom. The van der Waals surface area contributed by atoms with Crippen LogP contribution >= 0.6 is 0 Å². The number of rotatable bonds is 4. The van der Waals surface area contributed by atoms with Gasteiger partial charge >= 0.3 is 5.97 Å². The number of carbonyl (C=O) groups excluding carboxylic acids is 1. The fourth-order valence-electron chi connectivity index (χ4n) is 1.32. The van der Waals surface area contributed by atoms with E-state index in [1.54, 1.807) is 12.4 Å². The monoisotopic (exact) mass is 244 g/mol. The van der Waals surface area contributed by atoms with Crippen LogP contribution in [0.25, 0.3) is 0 Å². The molecule has 2 heterocycles. The lowest BCUT2D eigenvalue weighted by Gasteiger charge is -2.05. The molecule has 6 heteroatoms. The summed E-state index contributed by atoms with van der Waals surface area (Å²) in [4.78, 5) is 23.2. The highest BCUT2D eigenvalue weighted by atomic mass is 16.5. The van der Waals surface area contributed by atoms with Gasteiger partial charge in [-0.3, -0.25) is 4.98 Å². The summed E-state index contributed by atoms with van der Waals surface area (Å²) in [5.41, 5.74) is 1.22. The molecule has 2 aromatic rings. The number of nitrogens with zero attached hydrogens (tertiary/aromatic N) is 3. The van der Waals surface area contributed by atoms with E-state index < -0.39 is 5.97 Å². The quantitative estimate of drug-likeness (QED) is 0.816. The van der Waals surface area contributed by atoms with E-state index in [9.17, 15) is 4.79 Å². The van der Waals surface area contributed by atoms with E-state index in [2.05, 4.69) is 25.0 Å². The Hall–Kier alpha value is -2.50. The zero-order chi connectivity index (χ0) is 12.8. The second-order valence-electron chi connectivity index (χ2n) is 3.49. The van der Waals surface area contributed by atoms with Crippen LogP contribution in [0.5, 0.6) is 0 Å². The lowest BCUT2D eigenvalue weighted by molar-refractivity contribution is 0.0593. The number of ether oxygens (including phenoxy) is 1. The number of pyridine rings is 1. The fraction of sp³-hybridized carbons (Fsp3) is 0.167. The molecule has 0 unspecified atom stereocenters. The van der Waals surface area contributed by atoms with Gasteiger partial charge in [0.15, 0.2) is 5.69 Å². The standard InChI is InChI=1S/C12H12N4O2/c1-18-12(17)10-7-16-11(8-14-10)15-6-9-3-2-4-13-5-9/h2-5,7-8H,6H2,1H3,(H,15,16). The number of nitrogens with one attached hydrogen (secondary N) is 1. The Balaban J connectivity index is 1.97. The van der Waals surface area contributed by atoms with Crippen LogP contribution in [0.1, 0.15) is 16.1 Å². The minimum atomic E-state index is -0.499. The molecule has 0 aliphatic heterocycles. The Labute approximate surface area is 104 Å². The first-order valence-corrected chi connectivity index (χ1v) is 5.32. The molecule has 0 spiro atoms. The Morgan fingerprint density at radius 1 is 1.33 bits per heavy atom. The third-order valence-electron chi connectivity index (χ3n) is 2.24. The number of hydrogen-bond donors (Lipinski definition) is 1. The summed E-state index contributed by atoms with van der Waals surface area (Å²) < 4.78 is 4.54. The zero-order valence-corrected chi connectivity index (χ0v) is 9.83. The molecule has 0 bridgehead atoms. The zero-order valence-electron chi connectivity index (χ0n) is 9.83. The number of aromatic nitrogens is 3. The van der Waals surface area contributed by atoms with Crippen LogP contribution in [0, 0.1) is 0 Å². The van der Waals surface area contributed by atoms with E-state index in [-0.39, 0.29) is 5.69 Å². The highest BCUT2D eigenvalue weighted by Crippen LogP contribution is 2.05. The van der Waals surface area contributed by atoms with Gasteiger partial charge in [0.2, 0.25) is 0 Å². The van der Waals surface area contributed by atoms with Crippen molar-refractivity contribution < 1.29 is 9.53 Å². The van der Waals surface area contributed by atoms with Gasteiger partial charge in [0.25, 0.3) is 0 Å². The van der Waals surface area contributed by atoms with Gasteiger partial charge in [-0.2, -0.15) is 0 Å². The maximum Gasteiger partial charge on any atom is 0.358 e. The molecule has 92 valence electrons. The van der Waals surface area contributed by atoms with Crippen molar-refractivity contribution in [2.75, 3.05) is 12.4 Å². The fourth-order valence-corrected chi connectivity index (χ4v) is 1.32. The van der Waals surface area contributed by atoms with Crippen molar-refractivity contribution >= 4 is 11.8 Å². The molecule has 0 amide bonds. The number of carbonyl (C=O) groups is 1. The van der Waals surface area contributed by atoms with Gasteiger partial charge < -0.3 is 10.1 Å². The van der Waals surface area contributed by atoms with Gasteiger partial charge in [-0.25, -0.2) is 14.8 Å². The van der Waals surface area contributed by atoms with Crippen molar-refractivity contribution in [2.24, 2.45) is 0 Å². The van der Waals surface area contributed by atoms with Crippen molar-refractivity contribution in [3.05, 3.63) is 48.2 Å². The molecule has 0 saturated carbocycles. The van der Waals surface area contributed by atoms with Gasteiger partial charge in [-0.1, -0.05) is 6.07 Å². The topological polar surface area (TPSA) is 77.0 Å². The van der Waals surface area contributed by atoms with Gasteiger partial charge in [-0.05, 0) is 11.6 Å². The molecule has 0 radical (unpaired) electrons. The van der Waals surface area contributed by atoms with Crippen LogP contribution in [0.3, 0.4) is 0 Å². The minimum Gasteiger partial charge on any atom is -0.464 e. The Morgan fingerprint density at radius 2 is 2.22 bits per heavy atom. The molecule has 2 aromatic heterocycles. The van der Waals surface area contributed by atoms with E-state index in [1.807, 2.05) is 12.1 Å². The highest BCUT2D eigenvalue weighted by Gasteiger charge is 2.06. The van der Waals surface area contributed by atoms with E-state index in [0.29, 0.717) is 12.4 Å². The number of esters is 1. The predicted octanol–water partition coefficient (Wildman–Crippen LogP) is 1.27. The summed E-state index contributed by atoms with van der Waals surface area (Å²) in [5, 5.41) is 3.08. The van der Waals surface area contributed by atoms with Gasteiger partial charge in [-0.15, -0.1) is 0 Å². The van der Waals surface area contributed by atoms with Crippen molar-refractivity contribution in [2.45, 2.75) is 6.54 Å². The summed E-state index contributed by atoms with van der Waals surface area (Å²) in [6.07, 6.45) is 6.34. The van der Waals surface area contributed by atoms with Crippen LogP contribution in [-0.4, -0.2) is 28.0 Å². The van der Waals surface area contributed by atoms with Gasteiger partial charge in [0, 0.05) is 18.9 Å². The molecule has 0 saturated heterocycles. The first-order valence-electron chi connectivity index (χ1n) is 5.32. The molecular formula is C12H12N4O2. The van der Waals surface area contributed by atoms with Crippen LogP contribution < -0.4 is 5.32 Å². The maximum atomic E-state index is 11.2. The summed E-state index contributed by atoms with van der Waals surface area (Å²) in [6, 6.07) is 3.82. The summed E-state index contributed by atoms with van der Waals surface area (Å²) >= 11 is 0. The lowest BCUT2D eigenvalue weighted by atomic mass is 10.3. The molecule has 2 rings (SSSR count). The van der Waals surface area contributed by atoms with Crippen molar-refractivity contribution in [3.8, 4) is 0 Å². The van der Waals surface area contributed by atoms with Crippen molar-refractivity contribution in [1.82, 2.24) is 15.0 Å². The first-order chi connectivity index (χ1) is 8.79. The van der Waals surface area contributed by atoms with E-state index in [0.717, 1.165) is 5.56 Å². The summed E-state index contributed by atoms with van der Waals surface area (Å²) in [7, 11) is 1.30. The largest absolute Gasteiger partial charge is 0.464 e. The smallest absolute Gasteiger partial charge is 0.358 e. The third kappa shape index (κ3) is 3.00. The van der Waals surface area contributed by atoms with Crippen LogP contribution in [0.4, 0.5) is 5.82 Å². The molecule has 0 aliphatic rings. The van der Waals surface area contributed by atoms with Gasteiger partial charge in [0.1, 0.15) is 5.82 Å². The predicted molar refractivity (Wildman–Crippen MR) is 64.9 cm³/mol. The van der Waals surface area contributed by atoms with Crippen LogP contribution in [0.2, 0.25) is 0 Å². The normalized spacial score (nSPS) is 9.83. The molecule has 0 fully saturated rings. The average Bonchev–Trinajstić information content (AvgIpc) is 2.46. The molecule has 18 heavy (non-hydrogen) atoms. The molecule has 1 N–H and O–H groups in total. The first kappa shape index (κ1) is 12.0. The molecule has 6 nitrogen and oxygen atoms in total. The minimum absolute atomic E-state index is 0.185. The average molecular weight is 244 g/mol. The van der Waals surface area contributed by atoms with E-state index in [4.69, 9.17) is 0 Å². The van der Waals surface area contributed by atoms with Crippen LogP contribution in [0.15, 0.2) is 36.9 Å². The Bertz CT molecular complexity index is 513. The number of hydrogen-bond acceptors (Lipinski definition) is 6. The van der Waals surface area contributed by atoms with Crippen molar-refractivity contribution in [1.29, 1.82) is 0 Å². The third-order valence-corrected chi connectivity index (χ3v) is 2.24. The second kappa shape index (κ2) is 5.72. The summed E-state index contributed by atoms with van der Waals surface area (Å²) in [6.45, 7) is 0.597. The van der Waals surface area contributed by atoms with E-state index >= 15 is 0 Å². The highest BCUT2D eigenvalue weighted by molar-refractivity contribution is 5.86. The summed E-state index contributed by atoms with van der Waals surface area (Å²) in [5.74, 6) is 0.0906. The van der Waals surface area contributed by atoms with Crippen LogP contribution in [-0.2, 0) is 11.3 Å². The SMILES string of the molecule is COC(=O)c1cnc(NCc2cccnc2)cn1. The number of anilines is 1. The van der Waals surface area contributed by atoms with Gasteiger partial charge in [0.05, 0.1) is 19.5 Å². The maximum absolute atomic E-state index is 11.2. The van der Waals surface area contributed by atoms with Crippen molar-refractivity contribution in [3.63, 3.8) is 0 Å². The Kier molecular flexibility index (Phi) is 3.80. The molecule has 0 atom stereocenters.